The lowest BCUT2D eigenvalue weighted by Gasteiger charge is -2.10. The molecule has 0 saturated heterocycles. The molecule has 192 valence electrons. The molecule has 0 spiro atoms. The molecule has 7 nitrogen and oxygen atoms in total. The first-order valence-electron chi connectivity index (χ1n) is 11.8. The maximum absolute atomic E-state index is 13.5. The number of nitrogens with zero attached hydrogens (tertiary/aromatic N) is 2. The lowest BCUT2D eigenvalue weighted by Crippen LogP contribution is -2.28. The largest absolute Gasteiger partial charge is 0.462 e. The zero-order valence-corrected chi connectivity index (χ0v) is 23.7. The van der Waals surface area contributed by atoms with Crippen LogP contribution in [0.25, 0.3) is 32.5 Å². The third kappa shape index (κ3) is 5.07. The van der Waals surface area contributed by atoms with E-state index in [-0.39, 0.29) is 18.7 Å². The fourth-order valence-corrected chi connectivity index (χ4v) is 6.46. The minimum atomic E-state index is -0.518. The molecular formula is C28H22BrN3O4S2. The molecule has 0 radical (unpaired) electrons. The smallest absolute Gasteiger partial charge is 0.341 e. The highest BCUT2D eigenvalue weighted by atomic mass is 79.9. The summed E-state index contributed by atoms with van der Waals surface area (Å²) in [4.78, 5) is 45.5. The topological polar surface area (TPSA) is 90.3 Å². The fraction of sp³-hybridized carbons (Fsp3) is 0.143. The number of esters is 1. The molecule has 1 amide bonds. The second-order valence-corrected chi connectivity index (χ2v) is 11.4. The fourth-order valence-electron chi connectivity index (χ4n) is 4.22. The van der Waals surface area contributed by atoms with Gasteiger partial charge in [0.05, 0.1) is 18.3 Å². The number of aromatic nitrogens is 2. The van der Waals surface area contributed by atoms with Crippen molar-refractivity contribution in [3.63, 3.8) is 0 Å². The van der Waals surface area contributed by atoms with Crippen LogP contribution in [0, 0.1) is 6.92 Å². The summed E-state index contributed by atoms with van der Waals surface area (Å²) in [5.41, 5.74) is 3.24. The second kappa shape index (κ2) is 11.0. The van der Waals surface area contributed by atoms with Crippen LogP contribution in [0.4, 0.5) is 5.00 Å². The molecule has 1 N–H and O–H groups in total. The van der Waals surface area contributed by atoms with Gasteiger partial charge in [-0.3, -0.25) is 14.2 Å². The number of anilines is 1. The summed E-state index contributed by atoms with van der Waals surface area (Å²) in [6.45, 7) is 3.64. The number of ether oxygens (including phenoxy) is 1. The highest BCUT2D eigenvalue weighted by Gasteiger charge is 2.23. The maximum atomic E-state index is 13.5. The Bertz CT molecular complexity index is 1710. The molecule has 0 atom stereocenters. The molecule has 5 aromatic rings. The van der Waals surface area contributed by atoms with Crippen molar-refractivity contribution in [1.29, 1.82) is 0 Å². The van der Waals surface area contributed by atoms with E-state index in [4.69, 9.17) is 4.74 Å². The van der Waals surface area contributed by atoms with Crippen LogP contribution in [0.15, 0.2) is 75.6 Å². The highest BCUT2D eigenvalue weighted by Crippen LogP contribution is 2.37. The molecule has 0 aliphatic carbocycles. The first kappa shape index (κ1) is 26.0. The maximum Gasteiger partial charge on any atom is 0.341 e. The van der Waals surface area contributed by atoms with E-state index in [1.54, 1.807) is 6.92 Å². The van der Waals surface area contributed by atoms with Gasteiger partial charge in [0.2, 0.25) is 5.91 Å². The molecule has 0 bridgehead atoms. The van der Waals surface area contributed by atoms with E-state index < -0.39 is 11.9 Å². The lowest BCUT2D eigenvalue weighted by molar-refractivity contribution is -0.116. The van der Waals surface area contributed by atoms with Crippen LogP contribution in [0.5, 0.6) is 0 Å². The van der Waals surface area contributed by atoms with Crippen LogP contribution in [0.2, 0.25) is 0 Å². The number of hydrogen-bond donors (Lipinski definition) is 1. The van der Waals surface area contributed by atoms with Crippen molar-refractivity contribution in [1.82, 2.24) is 9.55 Å². The van der Waals surface area contributed by atoms with Gasteiger partial charge in [0.15, 0.2) is 0 Å². The van der Waals surface area contributed by atoms with E-state index in [1.807, 2.05) is 66.9 Å². The number of thiophene rings is 2. The van der Waals surface area contributed by atoms with Crippen molar-refractivity contribution in [2.75, 3.05) is 11.9 Å². The van der Waals surface area contributed by atoms with Crippen molar-refractivity contribution in [2.45, 2.75) is 20.4 Å². The molecule has 0 saturated carbocycles. The first-order valence-corrected chi connectivity index (χ1v) is 14.2. The SMILES string of the molecule is CCOC(=O)c1c(-c2ccccc2)csc1NC(=O)Cn1cnc2sc(C)c(-c3ccc(Br)cc3)c2c1=O. The van der Waals surface area contributed by atoms with Gasteiger partial charge in [-0.05, 0) is 37.1 Å². The van der Waals surface area contributed by atoms with Crippen LogP contribution in [-0.4, -0.2) is 28.0 Å². The number of aryl methyl sites for hydroxylation is 1. The number of carbonyl (C=O) groups excluding carboxylic acids is 2. The molecule has 0 unspecified atom stereocenters. The standard InChI is InChI=1S/C28H22BrN3O4S2/c1-3-36-28(35)23-20(17-7-5-4-6-8-17)14-37-26(23)31-21(33)13-32-15-30-25-24(27(32)34)22(16(2)38-25)18-9-11-19(29)12-10-18/h4-12,14-15H,3,13H2,1-2H3,(H,31,33). The lowest BCUT2D eigenvalue weighted by atomic mass is 10.0. The molecule has 0 aliphatic rings. The number of halogens is 1. The summed E-state index contributed by atoms with van der Waals surface area (Å²) in [5.74, 6) is -0.964. The van der Waals surface area contributed by atoms with Gasteiger partial charge in [0, 0.05) is 25.9 Å². The van der Waals surface area contributed by atoms with Crippen LogP contribution >= 0.6 is 38.6 Å². The minimum absolute atomic E-state index is 0.206. The van der Waals surface area contributed by atoms with Gasteiger partial charge in [-0.1, -0.05) is 58.4 Å². The van der Waals surface area contributed by atoms with E-state index in [1.165, 1.54) is 33.6 Å². The summed E-state index contributed by atoms with van der Waals surface area (Å²) < 4.78 is 7.51. The molecular weight excluding hydrogens is 586 g/mol. The minimum Gasteiger partial charge on any atom is -0.462 e. The van der Waals surface area contributed by atoms with Gasteiger partial charge in [-0.2, -0.15) is 0 Å². The van der Waals surface area contributed by atoms with Gasteiger partial charge in [-0.15, -0.1) is 22.7 Å². The number of carbonyl (C=O) groups is 2. The zero-order chi connectivity index (χ0) is 26.8. The van der Waals surface area contributed by atoms with E-state index in [9.17, 15) is 14.4 Å². The van der Waals surface area contributed by atoms with Crippen LogP contribution in [-0.2, 0) is 16.1 Å². The van der Waals surface area contributed by atoms with Crippen LogP contribution in [0.3, 0.4) is 0 Å². The van der Waals surface area contributed by atoms with E-state index in [2.05, 4.69) is 26.2 Å². The van der Waals surface area contributed by atoms with Crippen molar-refractivity contribution >= 4 is 65.7 Å². The van der Waals surface area contributed by atoms with E-state index in [0.717, 1.165) is 26.0 Å². The van der Waals surface area contributed by atoms with Crippen LogP contribution in [0.1, 0.15) is 22.2 Å². The average molecular weight is 609 g/mol. The Labute approximate surface area is 234 Å². The molecule has 38 heavy (non-hydrogen) atoms. The number of benzene rings is 2. The molecule has 2 aromatic carbocycles. The van der Waals surface area contributed by atoms with Crippen molar-refractivity contribution in [3.8, 4) is 22.3 Å². The van der Waals surface area contributed by atoms with E-state index in [0.29, 0.717) is 26.3 Å². The Kier molecular flexibility index (Phi) is 7.55. The average Bonchev–Trinajstić information content (AvgIpc) is 3.48. The first-order chi connectivity index (χ1) is 18.4. The number of fused-ring (bicyclic) bond motifs is 1. The summed E-state index contributed by atoms with van der Waals surface area (Å²) in [5, 5.41) is 5.48. The highest BCUT2D eigenvalue weighted by molar-refractivity contribution is 9.10. The van der Waals surface area contributed by atoms with Crippen molar-refractivity contribution in [3.05, 3.63) is 91.6 Å². The van der Waals surface area contributed by atoms with Crippen molar-refractivity contribution in [2.24, 2.45) is 0 Å². The summed E-state index contributed by atoms with van der Waals surface area (Å²) >= 11 is 6.13. The zero-order valence-electron chi connectivity index (χ0n) is 20.5. The van der Waals surface area contributed by atoms with Gasteiger partial charge in [-0.25, -0.2) is 9.78 Å². The molecule has 0 fully saturated rings. The van der Waals surface area contributed by atoms with Crippen LogP contribution < -0.4 is 10.9 Å². The predicted octanol–water partition coefficient (Wildman–Crippen LogP) is 6.74. The Morgan fingerprint density at radius 3 is 2.53 bits per heavy atom. The second-order valence-electron chi connectivity index (χ2n) is 8.39. The molecule has 10 heteroatoms. The Morgan fingerprint density at radius 2 is 1.82 bits per heavy atom. The van der Waals surface area contributed by atoms with Gasteiger partial charge < -0.3 is 10.1 Å². The van der Waals surface area contributed by atoms with Gasteiger partial charge in [0.1, 0.15) is 21.9 Å². The van der Waals surface area contributed by atoms with E-state index >= 15 is 0 Å². The monoisotopic (exact) mass is 607 g/mol. The molecule has 3 aromatic heterocycles. The molecule has 5 rings (SSSR count). The Balaban J connectivity index is 1.47. The Hall–Kier alpha value is -3.60. The third-order valence-corrected chi connectivity index (χ3v) is 8.35. The third-order valence-electron chi connectivity index (χ3n) is 5.91. The van der Waals surface area contributed by atoms with Gasteiger partial charge in [0.25, 0.3) is 5.56 Å². The normalized spacial score (nSPS) is 11.0. The molecule has 3 heterocycles. The number of amides is 1. The summed E-state index contributed by atoms with van der Waals surface area (Å²) in [6, 6.07) is 17.2. The quantitative estimate of drug-likeness (QED) is 0.207. The Morgan fingerprint density at radius 1 is 1.08 bits per heavy atom. The summed E-state index contributed by atoms with van der Waals surface area (Å²) in [7, 11) is 0. The number of nitrogens with one attached hydrogen (secondary N) is 1. The van der Waals surface area contributed by atoms with Gasteiger partial charge >= 0.3 is 5.97 Å². The number of rotatable bonds is 7. The number of hydrogen-bond acceptors (Lipinski definition) is 7. The summed E-state index contributed by atoms with van der Waals surface area (Å²) in [6.07, 6.45) is 1.39. The molecule has 0 aliphatic heterocycles. The van der Waals surface area contributed by atoms with Crippen molar-refractivity contribution < 1.29 is 14.3 Å². The predicted molar refractivity (Wildman–Crippen MR) is 156 cm³/mol.